The summed E-state index contributed by atoms with van der Waals surface area (Å²) in [6.07, 6.45) is 2.51. The summed E-state index contributed by atoms with van der Waals surface area (Å²) in [5.41, 5.74) is 1.47. The van der Waals surface area contributed by atoms with Gasteiger partial charge >= 0.3 is 0 Å². The molecule has 0 bridgehead atoms. The zero-order valence-electron chi connectivity index (χ0n) is 18.3. The standard InChI is InChI=1S/C20H27N5O3.CH2O2/c1-13-7-5-8-21-16(13)18(26)22-14(2)19-23-17(15(3)28-19)20(27)25-10-6-9-24(4)11-12-25;2-1-3/h5,7-8,14H,6,9-12H2,1-4H3,(H,22,26);1H,(H,2,3)/t14-;/m1./s1. The van der Waals surface area contributed by atoms with Gasteiger partial charge in [-0.25, -0.2) is 4.98 Å². The molecule has 31 heavy (non-hydrogen) atoms. The normalized spacial score (nSPS) is 15.3. The lowest BCUT2D eigenvalue weighted by Crippen LogP contribution is -2.35. The maximum Gasteiger partial charge on any atom is 0.290 e. The summed E-state index contributed by atoms with van der Waals surface area (Å²) in [5, 5.41) is 9.73. The van der Waals surface area contributed by atoms with Crippen LogP contribution >= 0.6 is 0 Å². The number of pyridine rings is 1. The van der Waals surface area contributed by atoms with Crippen LogP contribution < -0.4 is 5.32 Å². The molecular formula is C21H29N5O5. The Hall–Kier alpha value is -3.27. The van der Waals surface area contributed by atoms with Crippen LogP contribution in [0.5, 0.6) is 0 Å². The Kier molecular flexibility index (Phi) is 8.68. The Balaban J connectivity index is 0.00000107. The second kappa shape index (κ2) is 11.2. The number of rotatable bonds is 4. The SMILES string of the molecule is Cc1cccnc1C(=O)N[C@H](C)c1nc(C(=O)N2CCCN(C)CC2)c(C)o1.O=CO. The minimum absolute atomic E-state index is 0.123. The van der Waals surface area contributed by atoms with E-state index >= 15 is 0 Å². The van der Waals surface area contributed by atoms with E-state index < -0.39 is 6.04 Å². The first-order valence-corrected chi connectivity index (χ1v) is 10.0. The Morgan fingerprint density at radius 2 is 1.94 bits per heavy atom. The molecule has 0 spiro atoms. The largest absolute Gasteiger partial charge is 0.483 e. The monoisotopic (exact) mass is 431 g/mol. The molecule has 2 amide bonds. The summed E-state index contributed by atoms with van der Waals surface area (Å²) < 4.78 is 5.70. The van der Waals surface area contributed by atoms with Crippen LogP contribution in [-0.2, 0) is 4.79 Å². The van der Waals surface area contributed by atoms with E-state index in [0.717, 1.165) is 25.1 Å². The van der Waals surface area contributed by atoms with E-state index in [2.05, 4.69) is 27.2 Å². The van der Waals surface area contributed by atoms with Gasteiger partial charge in [-0.2, -0.15) is 0 Å². The van der Waals surface area contributed by atoms with Crippen LogP contribution in [0.15, 0.2) is 22.7 Å². The topological polar surface area (TPSA) is 129 Å². The molecule has 2 aromatic heterocycles. The van der Waals surface area contributed by atoms with Gasteiger partial charge < -0.3 is 24.6 Å². The highest BCUT2D eigenvalue weighted by molar-refractivity contribution is 5.94. The van der Waals surface area contributed by atoms with Crippen molar-refractivity contribution in [1.82, 2.24) is 25.1 Å². The fraction of sp³-hybridized carbons (Fsp3) is 0.476. The Bertz CT molecular complexity index is 913. The van der Waals surface area contributed by atoms with Crippen molar-refractivity contribution in [2.45, 2.75) is 33.2 Å². The van der Waals surface area contributed by atoms with Crippen LogP contribution in [0.25, 0.3) is 0 Å². The van der Waals surface area contributed by atoms with Crippen molar-refractivity contribution in [2.75, 3.05) is 33.2 Å². The molecule has 1 fully saturated rings. The highest BCUT2D eigenvalue weighted by Gasteiger charge is 2.26. The van der Waals surface area contributed by atoms with Gasteiger partial charge in [0.25, 0.3) is 18.3 Å². The summed E-state index contributed by atoms with van der Waals surface area (Å²) in [4.78, 5) is 46.3. The van der Waals surface area contributed by atoms with E-state index in [1.807, 2.05) is 17.9 Å². The van der Waals surface area contributed by atoms with Crippen molar-refractivity contribution in [1.29, 1.82) is 0 Å². The second-order valence-electron chi connectivity index (χ2n) is 7.38. The fourth-order valence-electron chi connectivity index (χ4n) is 3.25. The highest BCUT2D eigenvalue weighted by Crippen LogP contribution is 2.19. The lowest BCUT2D eigenvalue weighted by molar-refractivity contribution is -0.122. The van der Waals surface area contributed by atoms with E-state index in [0.29, 0.717) is 36.1 Å². The number of hydrogen-bond acceptors (Lipinski definition) is 7. The van der Waals surface area contributed by atoms with E-state index in [4.69, 9.17) is 14.3 Å². The number of nitrogens with one attached hydrogen (secondary N) is 1. The van der Waals surface area contributed by atoms with Crippen molar-refractivity contribution in [3.8, 4) is 0 Å². The second-order valence-corrected chi connectivity index (χ2v) is 7.38. The first-order chi connectivity index (χ1) is 14.8. The Morgan fingerprint density at radius 3 is 2.61 bits per heavy atom. The van der Waals surface area contributed by atoms with Crippen LogP contribution in [0.4, 0.5) is 0 Å². The Morgan fingerprint density at radius 1 is 1.23 bits per heavy atom. The quantitative estimate of drug-likeness (QED) is 0.699. The number of nitrogens with zero attached hydrogens (tertiary/aromatic N) is 4. The van der Waals surface area contributed by atoms with Gasteiger partial charge in [0.1, 0.15) is 17.5 Å². The van der Waals surface area contributed by atoms with E-state index in [1.54, 1.807) is 26.1 Å². The van der Waals surface area contributed by atoms with Crippen molar-refractivity contribution in [3.05, 3.63) is 46.9 Å². The molecule has 3 heterocycles. The average Bonchev–Trinajstić information content (AvgIpc) is 2.99. The van der Waals surface area contributed by atoms with Crippen LogP contribution in [0, 0.1) is 13.8 Å². The molecule has 1 atom stereocenters. The number of carbonyl (C=O) groups excluding carboxylic acids is 2. The predicted octanol–water partition coefficient (Wildman–Crippen LogP) is 1.66. The minimum Gasteiger partial charge on any atom is -0.483 e. The summed E-state index contributed by atoms with van der Waals surface area (Å²) in [7, 11) is 2.06. The molecule has 1 aliphatic heterocycles. The molecule has 2 N–H and O–H groups in total. The maximum atomic E-state index is 12.9. The summed E-state index contributed by atoms with van der Waals surface area (Å²) in [6, 6.07) is 3.13. The van der Waals surface area contributed by atoms with Crippen molar-refractivity contribution in [2.24, 2.45) is 0 Å². The number of aromatic nitrogens is 2. The predicted molar refractivity (Wildman–Crippen MR) is 113 cm³/mol. The molecule has 3 rings (SSSR count). The van der Waals surface area contributed by atoms with E-state index in [9.17, 15) is 9.59 Å². The van der Waals surface area contributed by atoms with Gasteiger partial charge in [0.05, 0.1) is 0 Å². The first-order valence-electron chi connectivity index (χ1n) is 10.0. The van der Waals surface area contributed by atoms with Crippen LogP contribution in [0.2, 0.25) is 0 Å². The van der Waals surface area contributed by atoms with Crippen molar-refractivity contribution < 1.29 is 23.9 Å². The maximum absolute atomic E-state index is 12.9. The van der Waals surface area contributed by atoms with Crippen LogP contribution in [0.1, 0.15) is 57.6 Å². The van der Waals surface area contributed by atoms with Crippen LogP contribution in [0.3, 0.4) is 0 Å². The van der Waals surface area contributed by atoms with Gasteiger partial charge in [-0.15, -0.1) is 0 Å². The van der Waals surface area contributed by atoms with Gasteiger partial charge in [0, 0.05) is 25.8 Å². The summed E-state index contributed by atoms with van der Waals surface area (Å²) in [5.74, 6) is 0.356. The van der Waals surface area contributed by atoms with E-state index in [1.165, 1.54) is 0 Å². The van der Waals surface area contributed by atoms with Gasteiger partial charge in [-0.1, -0.05) is 6.07 Å². The number of amides is 2. The lowest BCUT2D eigenvalue weighted by atomic mass is 10.2. The molecular weight excluding hydrogens is 402 g/mol. The number of oxazole rings is 1. The van der Waals surface area contributed by atoms with Gasteiger partial charge in [0.15, 0.2) is 5.69 Å². The van der Waals surface area contributed by atoms with Crippen molar-refractivity contribution in [3.63, 3.8) is 0 Å². The third-order valence-electron chi connectivity index (χ3n) is 4.96. The molecule has 168 valence electrons. The smallest absolute Gasteiger partial charge is 0.290 e. The highest BCUT2D eigenvalue weighted by atomic mass is 16.4. The molecule has 2 aromatic rings. The Labute approximate surface area is 181 Å². The zero-order chi connectivity index (χ0) is 23.0. The third-order valence-corrected chi connectivity index (χ3v) is 4.96. The number of aryl methyl sites for hydroxylation is 2. The molecule has 0 aliphatic carbocycles. The number of carboxylic acid groups (broad SMARTS) is 1. The third kappa shape index (κ3) is 6.35. The molecule has 0 radical (unpaired) electrons. The van der Waals surface area contributed by atoms with E-state index in [-0.39, 0.29) is 18.3 Å². The number of carbonyl (C=O) groups is 3. The molecule has 0 unspecified atom stereocenters. The zero-order valence-corrected chi connectivity index (χ0v) is 18.3. The molecule has 10 heteroatoms. The number of hydrogen-bond donors (Lipinski definition) is 2. The fourth-order valence-corrected chi connectivity index (χ4v) is 3.25. The average molecular weight is 431 g/mol. The lowest BCUT2D eigenvalue weighted by Gasteiger charge is -2.19. The number of likely N-dealkylation sites (N-methyl/N-ethyl adjacent to an activating group) is 1. The molecule has 0 saturated carbocycles. The summed E-state index contributed by atoms with van der Waals surface area (Å²) in [6.45, 7) is 8.27. The summed E-state index contributed by atoms with van der Waals surface area (Å²) >= 11 is 0. The molecule has 10 nitrogen and oxygen atoms in total. The first kappa shape index (κ1) is 24.0. The molecule has 1 saturated heterocycles. The van der Waals surface area contributed by atoms with Crippen molar-refractivity contribution >= 4 is 18.3 Å². The molecule has 0 aromatic carbocycles. The van der Waals surface area contributed by atoms with Gasteiger partial charge in [0.2, 0.25) is 5.89 Å². The minimum atomic E-state index is -0.482. The van der Waals surface area contributed by atoms with Gasteiger partial charge in [-0.3, -0.25) is 19.4 Å². The molecule has 1 aliphatic rings. The van der Waals surface area contributed by atoms with Gasteiger partial charge in [-0.05, 0) is 52.4 Å². The van der Waals surface area contributed by atoms with Crippen LogP contribution in [-0.4, -0.2) is 76.4 Å².